The maximum absolute atomic E-state index is 13.7. The van der Waals surface area contributed by atoms with Crippen LogP contribution in [0.5, 0.6) is 0 Å². The van der Waals surface area contributed by atoms with E-state index in [4.69, 9.17) is 4.98 Å². The van der Waals surface area contributed by atoms with Gasteiger partial charge in [-0.3, -0.25) is 9.59 Å². The number of hydrogen-bond donors (Lipinski definition) is 3. The minimum atomic E-state index is -0.740. The Morgan fingerprint density at radius 3 is 2.53 bits per heavy atom. The Balaban J connectivity index is 1.21. The Labute approximate surface area is 217 Å². The number of aliphatic hydroxyl groups is 1. The Hall–Kier alpha value is -1.80. The lowest BCUT2D eigenvalue weighted by molar-refractivity contribution is -0.138. The van der Waals surface area contributed by atoms with Crippen molar-refractivity contribution in [1.82, 2.24) is 10.3 Å². The second-order valence-electron chi connectivity index (χ2n) is 12.3. The zero-order valence-corrected chi connectivity index (χ0v) is 21.8. The van der Waals surface area contributed by atoms with Gasteiger partial charge in [-0.05, 0) is 93.6 Å². The molecule has 8 heteroatoms. The fraction of sp³-hybridized carbons (Fsp3) is 0.750. The highest BCUT2D eigenvalue weighted by atomic mass is 32.2. The predicted octanol–water partition coefficient (Wildman–Crippen LogP) is 4.48. The van der Waals surface area contributed by atoms with Crippen molar-refractivity contribution in [3.63, 3.8) is 0 Å². The van der Waals surface area contributed by atoms with E-state index in [1.165, 1.54) is 12.8 Å². The van der Waals surface area contributed by atoms with Gasteiger partial charge in [-0.25, -0.2) is 4.98 Å². The summed E-state index contributed by atoms with van der Waals surface area (Å²) in [6.45, 7) is 1.57. The van der Waals surface area contributed by atoms with E-state index in [1.807, 2.05) is 12.1 Å². The van der Waals surface area contributed by atoms with E-state index >= 15 is 0 Å². The fourth-order valence-corrected chi connectivity index (χ4v) is 9.49. The average Bonchev–Trinajstić information content (AvgIpc) is 3.33. The van der Waals surface area contributed by atoms with Crippen molar-refractivity contribution >= 4 is 29.5 Å². The molecular weight excluding hydrogens is 474 g/mol. The second kappa shape index (κ2) is 9.82. The number of hydrogen-bond acceptors (Lipinski definition) is 6. The molecule has 5 aliphatic carbocycles. The molecule has 6 aliphatic rings. The number of carbonyl (C=O) groups is 2. The number of nitrogens with zero attached hydrogens (tertiary/aromatic N) is 2. The Morgan fingerprint density at radius 1 is 1.08 bits per heavy atom. The number of piperidine rings is 1. The van der Waals surface area contributed by atoms with Crippen molar-refractivity contribution in [3.8, 4) is 0 Å². The lowest BCUT2D eigenvalue weighted by atomic mass is 9.52. The lowest BCUT2D eigenvalue weighted by Crippen LogP contribution is -2.61. The maximum Gasteiger partial charge on any atom is 0.303 e. The molecule has 1 aliphatic heterocycles. The van der Waals surface area contributed by atoms with Crippen molar-refractivity contribution in [2.45, 2.75) is 99.0 Å². The number of carboxylic acids is 1. The maximum atomic E-state index is 13.7. The van der Waals surface area contributed by atoms with Crippen molar-refractivity contribution in [2.75, 3.05) is 18.0 Å². The number of carbonyl (C=O) groups excluding carboxylic acids is 1. The Bertz CT molecular complexity index is 997. The first-order valence-electron chi connectivity index (χ1n) is 14.0. The standard InChI is InChI=1S/C28H39N3O4S/c32-24(33)12-17-4-3-9-31(16-17)23-8-7-22(27(29-23)36-21-5-1-2-6-21)26(34)30-25-19-10-18-11-20(25)15-28(35,13-18)14-19/h7-8,17-21,25,35H,1-6,9-16H2,(H,30,34)(H,32,33)/t17-,18?,19?,20?,25-,28+/m0/s1. The second-order valence-corrected chi connectivity index (χ2v) is 13.6. The summed E-state index contributed by atoms with van der Waals surface area (Å²) in [4.78, 5) is 32.2. The van der Waals surface area contributed by atoms with Gasteiger partial charge < -0.3 is 20.4 Å². The van der Waals surface area contributed by atoms with Crippen molar-refractivity contribution in [1.29, 1.82) is 0 Å². The van der Waals surface area contributed by atoms with Crippen LogP contribution in [-0.2, 0) is 4.79 Å². The van der Waals surface area contributed by atoms with Crippen molar-refractivity contribution < 1.29 is 19.8 Å². The third kappa shape index (κ3) is 5.00. The smallest absolute Gasteiger partial charge is 0.303 e. The fourth-order valence-electron chi connectivity index (χ4n) is 8.17. The molecule has 3 N–H and O–H groups in total. The number of rotatable bonds is 7. The number of amides is 1. The van der Waals surface area contributed by atoms with Crippen LogP contribution in [0.2, 0.25) is 0 Å². The minimum absolute atomic E-state index is 0.0265. The van der Waals surface area contributed by atoms with Crippen molar-refractivity contribution in [2.24, 2.45) is 23.7 Å². The molecule has 0 spiro atoms. The number of aliphatic carboxylic acids is 1. The molecule has 6 fully saturated rings. The summed E-state index contributed by atoms with van der Waals surface area (Å²) in [6, 6.07) is 4.05. The molecule has 0 radical (unpaired) electrons. The van der Waals surface area contributed by atoms with E-state index in [-0.39, 0.29) is 24.3 Å². The highest BCUT2D eigenvalue weighted by molar-refractivity contribution is 7.99. The molecule has 5 saturated carbocycles. The highest BCUT2D eigenvalue weighted by Gasteiger charge is 2.55. The van der Waals surface area contributed by atoms with Gasteiger partial charge in [0, 0.05) is 30.8 Å². The van der Waals surface area contributed by atoms with E-state index in [2.05, 4.69) is 10.2 Å². The average molecular weight is 514 g/mol. The van der Waals surface area contributed by atoms with E-state index < -0.39 is 11.6 Å². The summed E-state index contributed by atoms with van der Waals surface area (Å²) in [5.74, 6) is 1.60. The first-order chi connectivity index (χ1) is 17.3. The van der Waals surface area contributed by atoms with Gasteiger partial charge in [-0.2, -0.15) is 0 Å². The number of carboxylic acid groups (broad SMARTS) is 1. The quantitative estimate of drug-likeness (QED) is 0.494. The Kier molecular flexibility index (Phi) is 6.69. The van der Waals surface area contributed by atoms with Crippen LogP contribution in [0.15, 0.2) is 17.2 Å². The van der Waals surface area contributed by atoms with Gasteiger partial charge in [-0.15, -0.1) is 11.8 Å². The lowest BCUT2D eigenvalue weighted by Gasteiger charge is -2.58. The van der Waals surface area contributed by atoms with Crippen LogP contribution >= 0.6 is 11.8 Å². The first kappa shape index (κ1) is 24.5. The van der Waals surface area contributed by atoms with E-state index in [0.29, 0.717) is 35.1 Å². The highest BCUT2D eigenvalue weighted by Crippen LogP contribution is 2.55. The minimum Gasteiger partial charge on any atom is -0.481 e. The molecule has 2 unspecified atom stereocenters. The third-order valence-corrected chi connectivity index (χ3v) is 10.9. The van der Waals surface area contributed by atoms with Crippen LogP contribution in [-0.4, -0.2) is 57.1 Å². The molecule has 1 amide bonds. The monoisotopic (exact) mass is 513 g/mol. The first-order valence-corrected chi connectivity index (χ1v) is 14.9. The van der Waals surface area contributed by atoms with E-state index in [0.717, 1.165) is 75.2 Å². The van der Waals surface area contributed by atoms with Crippen LogP contribution in [0.3, 0.4) is 0 Å². The SMILES string of the molecule is O=C(O)C[C@@H]1CCCN(c2ccc(C(=O)N[C@H]3C4CC5CC3C[C@@](O)(C5)C4)c(SC3CCCC3)n2)C1. The topological polar surface area (TPSA) is 103 Å². The zero-order chi connectivity index (χ0) is 24.9. The molecule has 2 heterocycles. The van der Waals surface area contributed by atoms with Crippen molar-refractivity contribution in [3.05, 3.63) is 17.7 Å². The molecule has 1 aromatic rings. The summed E-state index contributed by atoms with van der Waals surface area (Å²) >= 11 is 1.75. The number of nitrogens with one attached hydrogen (secondary N) is 1. The van der Waals surface area contributed by atoms with E-state index in [1.54, 1.807) is 11.8 Å². The summed E-state index contributed by atoms with van der Waals surface area (Å²) in [5, 5.41) is 24.9. The Morgan fingerprint density at radius 2 is 1.83 bits per heavy atom. The number of thioether (sulfide) groups is 1. The molecular formula is C28H39N3O4S. The van der Waals surface area contributed by atoms with Gasteiger partial charge in [-0.1, -0.05) is 12.8 Å². The molecule has 0 aromatic carbocycles. The normalized spacial score (nSPS) is 35.8. The molecule has 7 rings (SSSR count). The van der Waals surface area contributed by atoms with Crippen LogP contribution in [0.1, 0.15) is 87.4 Å². The third-order valence-electron chi connectivity index (χ3n) is 9.52. The van der Waals surface area contributed by atoms with Gasteiger partial charge in [0.15, 0.2) is 0 Å². The zero-order valence-electron chi connectivity index (χ0n) is 21.0. The van der Waals surface area contributed by atoms with Gasteiger partial charge in [0.25, 0.3) is 5.91 Å². The van der Waals surface area contributed by atoms with Gasteiger partial charge in [0.05, 0.1) is 11.2 Å². The molecule has 7 nitrogen and oxygen atoms in total. The summed E-state index contributed by atoms with van der Waals surface area (Å²) < 4.78 is 0. The van der Waals surface area contributed by atoms with Gasteiger partial charge >= 0.3 is 5.97 Å². The summed E-state index contributed by atoms with van der Waals surface area (Å²) in [5.41, 5.74) is 0.166. The molecule has 196 valence electrons. The molecule has 4 bridgehead atoms. The summed E-state index contributed by atoms with van der Waals surface area (Å²) in [6.07, 6.45) is 11.7. The van der Waals surface area contributed by atoms with Gasteiger partial charge in [0.2, 0.25) is 0 Å². The summed E-state index contributed by atoms with van der Waals surface area (Å²) in [7, 11) is 0. The predicted molar refractivity (Wildman–Crippen MR) is 139 cm³/mol. The van der Waals surface area contributed by atoms with Gasteiger partial charge in [0.1, 0.15) is 10.8 Å². The number of anilines is 1. The molecule has 1 aromatic heterocycles. The largest absolute Gasteiger partial charge is 0.481 e. The van der Waals surface area contributed by atoms with Crippen LogP contribution in [0.25, 0.3) is 0 Å². The molecule has 36 heavy (non-hydrogen) atoms. The number of pyridine rings is 1. The molecule has 3 atom stereocenters. The van der Waals surface area contributed by atoms with Crippen LogP contribution < -0.4 is 10.2 Å². The number of aromatic nitrogens is 1. The van der Waals surface area contributed by atoms with Crippen LogP contribution in [0, 0.1) is 23.7 Å². The molecule has 1 saturated heterocycles. The van der Waals surface area contributed by atoms with Crippen LogP contribution in [0.4, 0.5) is 5.82 Å². The van der Waals surface area contributed by atoms with E-state index in [9.17, 15) is 19.8 Å².